The molecule has 1 saturated heterocycles. The highest BCUT2D eigenvalue weighted by Crippen LogP contribution is 2.57. The second kappa shape index (κ2) is 10.2. The van der Waals surface area contributed by atoms with Gasteiger partial charge >= 0.3 is 6.09 Å². The van der Waals surface area contributed by atoms with Crippen LogP contribution in [0.1, 0.15) is 60.0 Å². The molecule has 3 aromatic rings. The Bertz CT molecular complexity index is 1270. The SMILES string of the molecule is Cc1cnc(Nc2ccc(C3CCN(C(=O)O)CC3)nc2)nc1C(Cc1ccccc1)C1(C(N)=O)CC1. The third-order valence-electron chi connectivity index (χ3n) is 7.80. The topological polar surface area (TPSA) is 134 Å². The van der Waals surface area contributed by atoms with Gasteiger partial charge in [0.2, 0.25) is 11.9 Å². The molecule has 37 heavy (non-hydrogen) atoms. The zero-order chi connectivity index (χ0) is 26.0. The molecule has 2 fully saturated rings. The summed E-state index contributed by atoms with van der Waals surface area (Å²) in [4.78, 5) is 39.1. The fourth-order valence-electron chi connectivity index (χ4n) is 5.39. The van der Waals surface area contributed by atoms with E-state index < -0.39 is 11.5 Å². The molecule has 2 aliphatic rings. The first-order chi connectivity index (χ1) is 17.9. The van der Waals surface area contributed by atoms with Crippen molar-refractivity contribution >= 4 is 23.6 Å². The lowest BCUT2D eigenvalue weighted by atomic mass is 9.79. The van der Waals surface area contributed by atoms with Crippen molar-refractivity contribution < 1.29 is 14.7 Å². The number of carbonyl (C=O) groups excluding carboxylic acids is 1. The van der Waals surface area contributed by atoms with Crippen LogP contribution in [-0.2, 0) is 11.2 Å². The summed E-state index contributed by atoms with van der Waals surface area (Å²) in [6, 6.07) is 14.0. The quantitative estimate of drug-likeness (QED) is 0.418. The molecule has 9 heteroatoms. The summed E-state index contributed by atoms with van der Waals surface area (Å²) in [5, 5.41) is 12.4. The number of hydrogen-bond acceptors (Lipinski definition) is 6. The largest absolute Gasteiger partial charge is 0.465 e. The molecule has 192 valence electrons. The van der Waals surface area contributed by atoms with Crippen LogP contribution in [0.5, 0.6) is 0 Å². The maximum absolute atomic E-state index is 12.5. The molecule has 1 aliphatic carbocycles. The van der Waals surface area contributed by atoms with Gasteiger partial charge in [0.1, 0.15) is 0 Å². The number of nitrogens with one attached hydrogen (secondary N) is 1. The van der Waals surface area contributed by atoms with E-state index >= 15 is 0 Å². The van der Waals surface area contributed by atoms with Gasteiger partial charge < -0.3 is 21.1 Å². The number of aromatic nitrogens is 3. The first kappa shape index (κ1) is 24.7. The van der Waals surface area contributed by atoms with Gasteiger partial charge in [-0.25, -0.2) is 14.8 Å². The van der Waals surface area contributed by atoms with Crippen LogP contribution in [0.4, 0.5) is 16.4 Å². The molecule has 0 radical (unpaired) electrons. The molecule has 5 rings (SSSR count). The highest BCUT2D eigenvalue weighted by Gasteiger charge is 2.55. The third-order valence-corrected chi connectivity index (χ3v) is 7.80. The number of hydrogen-bond donors (Lipinski definition) is 3. The number of carbonyl (C=O) groups is 2. The van der Waals surface area contributed by atoms with Crippen LogP contribution in [0, 0.1) is 12.3 Å². The number of carboxylic acid groups (broad SMARTS) is 1. The van der Waals surface area contributed by atoms with E-state index in [2.05, 4.69) is 27.4 Å². The number of amides is 2. The fourth-order valence-corrected chi connectivity index (χ4v) is 5.39. The van der Waals surface area contributed by atoms with Crippen molar-refractivity contribution in [3.8, 4) is 0 Å². The maximum atomic E-state index is 12.5. The summed E-state index contributed by atoms with van der Waals surface area (Å²) in [6.07, 6.45) is 6.43. The highest BCUT2D eigenvalue weighted by molar-refractivity contribution is 5.85. The second-order valence-corrected chi connectivity index (χ2v) is 10.2. The molecule has 0 bridgehead atoms. The van der Waals surface area contributed by atoms with Gasteiger partial charge in [-0.15, -0.1) is 0 Å². The molecule has 2 amide bonds. The van der Waals surface area contributed by atoms with Gasteiger partial charge in [-0.3, -0.25) is 9.78 Å². The molecule has 1 unspecified atom stereocenters. The summed E-state index contributed by atoms with van der Waals surface area (Å²) in [6.45, 7) is 3.03. The lowest BCUT2D eigenvalue weighted by Crippen LogP contribution is -2.36. The Morgan fingerprint density at radius 2 is 1.84 bits per heavy atom. The van der Waals surface area contributed by atoms with Gasteiger partial charge in [0, 0.05) is 36.8 Å². The van der Waals surface area contributed by atoms with Crippen LogP contribution < -0.4 is 11.1 Å². The van der Waals surface area contributed by atoms with E-state index in [1.54, 1.807) is 12.4 Å². The van der Waals surface area contributed by atoms with Crippen LogP contribution in [0.3, 0.4) is 0 Å². The molecule has 4 N–H and O–H groups in total. The summed E-state index contributed by atoms with van der Waals surface area (Å²) >= 11 is 0. The Morgan fingerprint density at radius 1 is 1.11 bits per heavy atom. The van der Waals surface area contributed by atoms with Gasteiger partial charge in [-0.1, -0.05) is 30.3 Å². The van der Waals surface area contributed by atoms with Crippen molar-refractivity contribution in [3.05, 3.63) is 77.4 Å². The Labute approximate surface area is 216 Å². The number of piperidine rings is 1. The Morgan fingerprint density at radius 3 is 2.43 bits per heavy atom. The standard InChI is InChI=1S/C28H32N6O3/c1-18-16-31-26(32-21-7-8-23(30-17-21)20-9-13-34(14-10-20)27(36)37)33-24(18)22(28(11-12-28)25(29)35)15-19-5-3-2-4-6-19/h2-8,16-17,20,22H,9-15H2,1H3,(H2,29,35)(H,36,37)(H,31,32,33). The van der Waals surface area contributed by atoms with Gasteiger partial charge in [0.25, 0.3) is 0 Å². The number of benzene rings is 1. The monoisotopic (exact) mass is 500 g/mol. The van der Waals surface area contributed by atoms with E-state index in [-0.39, 0.29) is 17.7 Å². The maximum Gasteiger partial charge on any atom is 0.407 e. The highest BCUT2D eigenvalue weighted by atomic mass is 16.4. The van der Waals surface area contributed by atoms with Gasteiger partial charge in [-0.05, 0) is 62.3 Å². The van der Waals surface area contributed by atoms with E-state index in [1.807, 2.05) is 37.3 Å². The molecule has 3 heterocycles. The smallest absolute Gasteiger partial charge is 0.407 e. The molecule has 0 spiro atoms. The predicted molar refractivity (Wildman–Crippen MR) is 140 cm³/mol. The molecule has 1 aromatic carbocycles. The third kappa shape index (κ3) is 5.26. The van der Waals surface area contributed by atoms with E-state index in [4.69, 9.17) is 15.8 Å². The summed E-state index contributed by atoms with van der Waals surface area (Å²) in [7, 11) is 0. The molecule has 1 aliphatic heterocycles. The van der Waals surface area contributed by atoms with Gasteiger partial charge in [-0.2, -0.15) is 0 Å². The van der Waals surface area contributed by atoms with Crippen molar-refractivity contribution in [2.75, 3.05) is 18.4 Å². The summed E-state index contributed by atoms with van der Waals surface area (Å²) < 4.78 is 0. The number of pyridine rings is 1. The van der Waals surface area contributed by atoms with Crippen molar-refractivity contribution in [3.63, 3.8) is 0 Å². The van der Waals surface area contributed by atoms with Crippen molar-refractivity contribution in [1.82, 2.24) is 19.9 Å². The number of primary amides is 1. The van der Waals surface area contributed by atoms with E-state index in [9.17, 15) is 9.59 Å². The Kier molecular flexibility index (Phi) is 6.78. The van der Waals surface area contributed by atoms with Gasteiger partial charge in [0.15, 0.2) is 0 Å². The lowest BCUT2D eigenvalue weighted by Gasteiger charge is -2.29. The van der Waals surface area contributed by atoms with Gasteiger partial charge in [0.05, 0.1) is 23.0 Å². The summed E-state index contributed by atoms with van der Waals surface area (Å²) in [5.74, 6) is 0.292. The zero-order valence-electron chi connectivity index (χ0n) is 20.9. The van der Waals surface area contributed by atoms with Crippen LogP contribution in [0.2, 0.25) is 0 Å². The predicted octanol–water partition coefficient (Wildman–Crippen LogP) is 4.37. The average molecular weight is 501 g/mol. The molecular formula is C28H32N6O3. The molecule has 2 aromatic heterocycles. The number of anilines is 2. The second-order valence-electron chi connectivity index (χ2n) is 10.2. The zero-order valence-corrected chi connectivity index (χ0v) is 20.9. The molecule has 1 atom stereocenters. The van der Waals surface area contributed by atoms with Crippen molar-refractivity contribution in [2.45, 2.75) is 50.9 Å². The van der Waals surface area contributed by atoms with E-state index in [0.29, 0.717) is 25.5 Å². The number of nitrogens with two attached hydrogens (primary N) is 1. The normalized spacial score (nSPS) is 17.7. The first-order valence-electron chi connectivity index (χ1n) is 12.7. The number of aryl methyl sites for hydroxylation is 1. The first-order valence-corrected chi connectivity index (χ1v) is 12.7. The number of likely N-dealkylation sites (tertiary alicyclic amines) is 1. The average Bonchev–Trinajstić information content (AvgIpc) is 3.72. The molecule has 9 nitrogen and oxygen atoms in total. The summed E-state index contributed by atoms with van der Waals surface area (Å²) in [5.41, 5.74) is 9.95. The van der Waals surface area contributed by atoms with Crippen LogP contribution >= 0.6 is 0 Å². The van der Waals surface area contributed by atoms with Crippen LogP contribution in [-0.4, -0.2) is 50.0 Å². The van der Waals surface area contributed by atoms with Crippen LogP contribution in [0.15, 0.2) is 54.9 Å². The minimum absolute atomic E-state index is 0.131. The number of rotatable bonds is 8. The molecular weight excluding hydrogens is 468 g/mol. The van der Waals surface area contributed by atoms with E-state index in [1.165, 1.54) is 4.90 Å². The van der Waals surface area contributed by atoms with E-state index in [0.717, 1.165) is 53.9 Å². The minimum atomic E-state index is -0.863. The Hall–Kier alpha value is -4.01. The molecule has 1 saturated carbocycles. The Balaban J connectivity index is 1.34. The fraction of sp³-hybridized carbons (Fsp3) is 0.393. The van der Waals surface area contributed by atoms with Crippen molar-refractivity contribution in [1.29, 1.82) is 0 Å². The number of nitrogens with zero attached hydrogens (tertiary/aromatic N) is 4. The lowest BCUT2D eigenvalue weighted by molar-refractivity contribution is -0.123. The van der Waals surface area contributed by atoms with Crippen molar-refractivity contribution in [2.24, 2.45) is 11.1 Å². The van der Waals surface area contributed by atoms with Crippen LogP contribution in [0.25, 0.3) is 0 Å². The minimum Gasteiger partial charge on any atom is -0.465 e.